The minimum absolute atomic E-state index is 0.122. The lowest BCUT2D eigenvalue weighted by Gasteiger charge is -2.32. The molecule has 1 aliphatic heterocycles. The predicted octanol–water partition coefficient (Wildman–Crippen LogP) is 0.00442. The van der Waals surface area contributed by atoms with E-state index in [1.807, 2.05) is 13.8 Å². The van der Waals surface area contributed by atoms with Gasteiger partial charge in [-0.05, 0) is 20.8 Å². The Morgan fingerprint density at radius 2 is 2.32 bits per heavy atom. The molecule has 1 atom stereocenters. The van der Waals surface area contributed by atoms with Gasteiger partial charge >= 0.3 is 0 Å². The second-order valence-corrected chi connectivity index (χ2v) is 6.50. The van der Waals surface area contributed by atoms with Crippen molar-refractivity contribution in [2.24, 2.45) is 0 Å². The van der Waals surface area contributed by atoms with Crippen molar-refractivity contribution in [1.29, 1.82) is 0 Å². The van der Waals surface area contributed by atoms with E-state index in [0.29, 0.717) is 17.1 Å². The summed E-state index contributed by atoms with van der Waals surface area (Å²) in [4.78, 5) is 23.7. The predicted molar refractivity (Wildman–Crippen MR) is 69.3 cm³/mol. The molecule has 104 valence electrons. The van der Waals surface area contributed by atoms with Crippen LogP contribution in [0.15, 0.2) is 4.63 Å². The third kappa shape index (κ3) is 3.06. The quantitative estimate of drug-likeness (QED) is 0.811. The number of aryl methyl sites for hydroxylation is 1. The lowest BCUT2D eigenvalue weighted by atomic mass is 10.1. The van der Waals surface area contributed by atoms with E-state index in [0.717, 1.165) is 0 Å². The summed E-state index contributed by atoms with van der Waals surface area (Å²) in [5.74, 6) is 0.211. The summed E-state index contributed by atoms with van der Waals surface area (Å²) in [6, 6.07) is -0.509. The third-order valence-corrected chi connectivity index (χ3v) is 4.36. The van der Waals surface area contributed by atoms with Crippen LogP contribution in [-0.4, -0.2) is 38.7 Å². The molecule has 0 spiro atoms. The molecular weight excluding hydrogens is 268 g/mol. The number of rotatable bonds is 3. The van der Waals surface area contributed by atoms with Gasteiger partial charge < -0.3 is 10.6 Å². The summed E-state index contributed by atoms with van der Waals surface area (Å²) in [6.45, 7) is 5.67. The molecule has 0 radical (unpaired) electrons. The zero-order valence-electron chi connectivity index (χ0n) is 11.0. The molecule has 0 aromatic carbocycles. The highest BCUT2D eigenvalue weighted by atomic mass is 32.2. The summed E-state index contributed by atoms with van der Waals surface area (Å²) in [6.07, 6.45) is 0. The maximum Gasteiger partial charge on any atom is 0.243 e. The van der Waals surface area contributed by atoms with Crippen molar-refractivity contribution in [3.63, 3.8) is 0 Å². The largest absolute Gasteiger partial charge is 0.348 e. The Morgan fingerprint density at radius 3 is 2.89 bits per heavy atom. The number of hydrogen-bond donors (Lipinski definition) is 2. The van der Waals surface area contributed by atoms with Gasteiger partial charge in [-0.2, -0.15) is 0 Å². The average molecular weight is 284 g/mol. The highest BCUT2D eigenvalue weighted by Gasteiger charge is 2.37. The molecule has 1 aromatic rings. The SMILES string of the molecule is Cc1nonc1CNC(=O)[C@@H]1CSC(C)(C)C(=O)N1. The Morgan fingerprint density at radius 1 is 1.58 bits per heavy atom. The Balaban J connectivity index is 1.88. The lowest BCUT2D eigenvalue weighted by molar-refractivity contribution is -0.129. The number of carbonyl (C=O) groups excluding carboxylic acids is 2. The van der Waals surface area contributed by atoms with E-state index in [1.165, 1.54) is 11.8 Å². The lowest BCUT2D eigenvalue weighted by Crippen LogP contribution is -2.57. The van der Waals surface area contributed by atoms with Gasteiger partial charge in [0.2, 0.25) is 11.8 Å². The van der Waals surface area contributed by atoms with Gasteiger partial charge in [0.25, 0.3) is 0 Å². The monoisotopic (exact) mass is 284 g/mol. The second-order valence-electron chi connectivity index (χ2n) is 4.86. The second kappa shape index (κ2) is 5.20. The summed E-state index contributed by atoms with van der Waals surface area (Å²) in [5.41, 5.74) is 1.23. The van der Waals surface area contributed by atoms with Gasteiger partial charge in [-0.1, -0.05) is 10.3 Å². The fourth-order valence-electron chi connectivity index (χ4n) is 1.58. The third-order valence-electron chi connectivity index (χ3n) is 2.96. The van der Waals surface area contributed by atoms with Crippen molar-refractivity contribution >= 4 is 23.6 Å². The summed E-state index contributed by atoms with van der Waals surface area (Å²) < 4.78 is 4.06. The molecule has 7 nitrogen and oxygen atoms in total. The topological polar surface area (TPSA) is 97.1 Å². The summed E-state index contributed by atoms with van der Waals surface area (Å²) >= 11 is 1.47. The van der Waals surface area contributed by atoms with E-state index in [4.69, 9.17) is 0 Å². The molecule has 0 aliphatic carbocycles. The number of aromatic nitrogens is 2. The van der Waals surface area contributed by atoms with E-state index >= 15 is 0 Å². The van der Waals surface area contributed by atoms with E-state index in [9.17, 15) is 9.59 Å². The number of nitrogens with one attached hydrogen (secondary N) is 2. The van der Waals surface area contributed by atoms with E-state index in [-0.39, 0.29) is 18.4 Å². The van der Waals surface area contributed by atoms with E-state index < -0.39 is 10.8 Å². The van der Waals surface area contributed by atoms with Crippen LogP contribution < -0.4 is 10.6 Å². The Kier molecular flexibility index (Phi) is 3.79. The van der Waals surface area contributed by atoms with Crippen molar-refractivity contribution in [3.05, 3.63) is 11.4 Å². The molecule has 0 unspecified atom stereocenters. The Labute approximate surface area is 114 Å². The Bertz CT molecular complexity index is 500. The summed E-state index contributed by atoms with van der Waals surface area (Å²) in [7, 11) is 0. The molecule has 8 heteroatoms. The van der Waals surface area contributed by atoms with Gasteiger partial charge in [0.05, 0.1) is 11.3 Å². The van der Waals surface area contributed by atoms with Crippen LogP contribution in [0.4, 0.5) is 0 Å². The molecule has 2 rings (SSSR count). The van der Waals surface area contributed by atoms with Crippen molar-refractivity contribution < 1.29 is 14.2 Å². The number of thioether (sulfide) groups is 1. The molecular formula is C11H16N4O3S. The number of nitrogens with zero attached hydrogens (tertiary/aromatic N) is 2. The molecule has 19 heavy (non-hydrogen) atoms. The van der Waals surface area contributed by atoms with Crippen LogP contribution in [0.1, 0.15) is 25.2 Å². The first-order valence-corrected chi connectivity index (χ1v) is 6.89. The van der Waals surface area contributed by atoms with Crippen LogP contribution in [0.2, 0.25) is 0 Å². The van der Waals surface area contributed by atoms with Gasteiger partial charge in [-0.25, -0.2) is 4.63 Å². The molecule has 0 saturated carbocycles. The maximum atomic E-state index is 11.9. The van der Waals surface area contributed by atoms with Gasteiger partial charge in [0.1, 0.15) is 17.4 Å². The average Bonchev–Trinajstić information content (AvgIpc) is 2.75. The molecule has 2 amide bonds. The molecule has 0 bridgehead atoms. The molecule has 1 aliphatic rings. The number of amides is 2. The normalized spacial score (nSPS) is 21.8. The maximum absolute atomic E-state index is 11.9. The van der Waals surface area contributed by atoms with Gasteiger partial charge in [0, 0.05) is 5.75 Å². The standard InChI is InChI=1S/C11H16N4O3S/c1-6-7(15-18-14-6)4-12-9(16)8-5-19-11(2,3)10(17)13-8/h8H,4-5H2,1-3H3,(H,12,16)(H,13,17)/t8-/m0/s1. The molecule has 2 N–H and O–H groups in total. The fraction of sp³-hybridized carbons (Fsp3) is 0.636. The van der Waals surface area contributed by atoms with Gasteiger partial charge in [-0.3, -0.25) is 9.59 Å². The van der Waals surface area contributed by atoms with Crippen LogP contribution in [0.5, 0.6) is 0 Å². The highest BCUT2D eigenvalue weighted by molar-refractivity contribution is 8.01. The first-order chi connectivity index (χ1) is 8.90. The van der Waals surface area contributed by atoms with Crippen molar-refractivity contribution in [1.82, 2.24) is 20.9 Å². The van der Waals surface area contributed by atoms with E-state index in [2.05, 4.69) is 25.6 Å². The number of hydrogen-bond acceptors (Lipinski definition) is 6. The van der Waals surface area contributed by atoms with Crippen LogP contribution in [0.3, 0.4) is 0 Å². The molecule has 1 fully saturated rings. The molecule has 1 saturated heterocycles. The summed E-state index contributed by atoms with van der Waals surface area (Å²) in [5, 5.41) is 12.7. The van der Waals surface area contributed by atoms with E-state index in [1.54, 1.807) is 6.92 Å². The van der Waals surface area contributed by atoms with Crippen molar-refractivity contribution in [2.45, 2.75) is 38.1 Å². The minimum atomic E-state index is -0.509. The van der Waals surface area contributed by atoms with Crippen LogP contribution in [0, 0.1) is 6.92 Å². The smallest absolute Gasteiger partial charge is 0.243 e. The molecule has 1 aromatic heterocycles. The zero-order valence-corrected chi connectivity index (χ0v) is 11.8. The van der Waals surface area contributed by atoms with Gasteiger partial charge in [0.15, 0.2) is 0 Å². The van der Waals surface area contributed by atoms with Crippen LogP contribution >= 0.6 is 11.8 Å². The first-order valence-electron chi connectivity index (χ1n) is 5.91. The van der Waals surface area contributed by atoms with Crippen LogP contribution in [-0.2, 0) is 16.1 Å². The Hall–Kier alpha value is -1.57. The van der Waals surface area contributed by atoms with Crippen LogP contribution in [0.25, 0.3) is 0 Å². The fourth-order valence-corrected chi connectivity index (χ4v) is 2.58. The van der Waals surface area contributed by atoms with Crippen molar-refractivity contribution in [3.8, 4) is 0 Å². The number of carbonyl (C=O) groups is 2. The van der Waals surface area contributed by atoms with Crippen molar-refractivity contribution in [2.75, 3.05) is 5.75 Å². The van der Waals surface area contributed by atoms with Gasteiger partial charge in [-0.15, -0.1) is 11.8 Å². The highest BCUT2D eigenvalue weighted by Crippen LogP contribution is 2.28. The molecule has 2 heterocycles. The minimum Gasteiger partial charge on any atom is -0.348 e. The zero-order chi connectivity index (χ0) is 14.0. The first kappa shape index (κ1) is 13.9.